The Morgan fingerprint density at radius 3 is 2.74 bits per heavy atom. The summed E-state index contributed by atoms with van der Waals surface area (Å²) in [6, 6.07) is 4.66. The molecule has 1 aromatic carbocycles. The Balaban J connectivity index is 2.54. The van der Waals surface area contributed by atoms with E-state index in [1.54, 1.807) is 12.1 Å². The van der Waals surface area contributed by atoms with E-state index in [1.165, 1.54) is 6.07 Å². The Kier molecular flexibility index (Phi) is 6.07. The Hall–Kier alpha value is -1.31. The summed E-state index contributed by atoms with van der Waals surface area (Å²) in [4.78, 5) is 22.3. The summed E-state index contributed by atoms with van der Waals surface area (Å²) in [7, 11) is 0. The van der Waals surface area contributed by atoms with Crippen LogP contribution < -0.4 is 5.32 Å². The Morgan fingerprint density at radius 1 is 1.42 bits per heavy atom. The van der Waals surface area contributed by atoms with Crippen LogP contribution in [0.2, 0.25) is 0 Å². The molecule has 0 bridgehead atoms. The lowest BCUT2D eigenvalue weighted by Crippen LogP contribution is -2.32. The number of carbonyl (C=O) groups is 2. The van der Waals surface area contributed by atoms with Crippen LogP contribution in [-0.4, -0.2) is 28.1 Å². The first-order valence-electron chi connectivity index (χ1n) is 5.91. The zero-order valence-corrected chi connectivity index (χ0v) is 12.7. The van der Waals surface area contributed by atoms with Crippen LogP contribution in [-0.2, 0) is 4.79 Å². The Morgan fingerprint density at radius 2 is 2.11 bits per heavy atom. The van der Waals surface area contributed by atoms with E-state index in [0.717, 1.165) is 3.57 Å². The van der Waals surface area contributed by atoms with Crippen LogP contribution in [0.4, 0.5) is 0 Å². The fourth-order valence-electron chi connectivity index (χ4n) is 1.62. The molecule has 104 valence electrons. The largest absolute Gasteiger partial charge is 0.507 e. The second-order valence-electron chi connectivity index (χ2n) is 4.32. The van der Waals surface area contributed by atoms with E-state index < -0.39 is 5.97 Å². The zero-order chi connectivity index (χ0) is 14.4. The first kappa shape index (κ1) is 15.7. The molecule has 0 heterocycles. The molecule has 19 heavy (non-hydrogen) atoms. The number of rotatable bonds is 6. The SMILES string of the molecule is CC(CCCC(=O)O)NC(=O)c1cc(I)ccc1O. The van der Waals surface area contributed by atoms with Crippen molar-refractivity contribution in [1.82, 2.24) is 5.32 Å². The van der Waals surface area contributed by atoms with Gasteiger partial charge in [-0.3, -0.25) is 9.59 Å². The summed E-state index contributed by atoms with van der Waals surface area (Å²) in [6.07, 6.45) is 1.19. The van der Waals surface area contributed by atoms with E-state index in [2.05, 4.69) is 27.9 Å². The molecule has 0 aromatic heterocycles. The molecule has 1 rings (SSSR count). The first-order chi connectivity index (χ1) is 8.90. The number of phenols is 1. The molecule has 0 spiro atoms. The summed E-state index contributed by atoms with van der Waals surface area (Å²) in [5.74, 6) is -1.25. The number of nitrogens with one attached hydrogen (secondary N) is 1. The van der Waals surface area contributed by atoms with E-state index >= 15 is 0 Å². The maximum absolute atomic E-state index is 11.9. The second-order valence-corrected chi connectivity index (χ2v) is 5.57. The highest BCUT2D eigenvalue weighted by Gasteiger charge is 2.14. The van der Waals surface area contributed by atoms with E-state index in [4.69, 9.17) is 5.11 Å². The third-order valence-corrected chi connectivity index (χ3v) is 3.28. The van der Waals surface area contributed by atoms with E-state index in [-0.39, 0.29) is 29.7 Å². The molecule has 0 aliphatic heterocycles. The van der Waals surface area contributed by atoms with Crippen LogP contribution in [0.3, 0.4) is 0 Å². The first-order valence-corrected chi connectivity index (χ1v) is 6.99. The number of aromatic hydroxyl groups is 1. The molecule has 0 aliphatic rings. The topological polar surface area (TPSA) is 86.6 Å². The number of aliphatic carboxylic acids is 1. The van der Waals surface area contributed by atoms with Gasteiger partial charge in [-0.15, -0.1) is 0 Å². The molecule has 0 aliphatic carbocycles. The molecular formula is C13H16INO4. The van der Waals surface area contributed by atoms with Crippen LogP contribution in [0, 0.1) is 3.57 Å². The number of carbonyl (C=O) groups excluding carboxylic acids is 1. The van der Waals surface area contributed by atoms with Crippen molar-refractivity contribution in [2.45, 2.75) is 32.2 Å². The van der Waals surface area contributed by atoms with Crippen LogP contribution in [0.25, 0.3) is 0 Å². The molecule has 1 aromatic rings. The van der Waals surface area contributed by atoms with Gasteiger partial charge in [0.25, 0.3) is 5.91 Å². The smallest absolute Gasteiger partial charge is 0.303 e. The molecule has 1 unspecified atom stereocenters. The number of hydrogen-bond donors (Lipinski definition) is 3. The normalized spacial score (nSPS) is 11.9. The summed E-state index contributed by atoms with van der Waals surface area (Å²) >= 11 is 2.06. The fraction of sp³-hybridized carbons (Fsp3) is 0.385. The zero-order valence-electron chi connectivity index (χ0n) is 10.5. The van der Waals surface area contributed by atoms with Crippen LogP contribution >= 0.6 is 22.6 Å². The van der Waals surface area contributed by atoms with Crippen LogP contribution in [0.5, 0.6) is 5.75 Å². The van der Waals surface area contributed by atoms with Gasteiger partial charge in [-0.2, -0.15) is 0 Å². The Bertz CT molecular complexity index is 476. The number of amides is 1. The standard InChI is InChI=1S/C13H16INO4/c1-8(3-2-4-12(17)18)15-13(19)10-7-9(14)5-6-11(10)16/h5-8,16H,2-4H2,1H3,(H,15,19)(H,17,18). The van der Waals surface area contributed by atoms with Gasteiger partial charge >= 0.3 is 5.97 Å². The maximum Gasteiger partial charge on any atom is 0.303 e. The van der Waals surface area contributed by atoms with Crippen molar-refractivity contribution >= 4 is 34.5 Å². The van der Waals surface area contributed by atoms with Gasteiger partial charge in [-0.05, 0) is 60.6 Å². The van der Waals surface area contributed by atoms with Gasteiger partial charge < -0.3 is 15.5 Å². The van der Waals surface area contributed by atoms with E-state index in [9.17, 15) is 14.7 Å². The average molecular weight is 377 g/mol. The van der Waals surface area contributed by atoms with Gasteiger partial charge in [0.15, 0.2) is 0 Å². The summed E-state index contributed by atoms with van der Waals surface area (Å²) < 4.78 is 0.860. The van der Waals surface area contributed by atoms with Crippen molar-refractivity contribution < 1.29 is 19.8 Å². The number of carboxylic acid groups (broad SMARTS) is 1. The van der Waals surface area contributed by atoms with E-state index in [0.29, 0.717) is 12.8 Å². The fourth-order valence-corrected chi connectivity index (χ4v) is 2.11. The minimum Gasteiger partial charge on any atom is -0.507 e. The number of hydrogen-bond acceptors (Lipinski definition) is 3. The van der Waals surface area contributed by atoms with Crippen molar-refractivity contribution in [3.8, 4) is 5.75 Å². The molecule has 6 heteroatoms. The second kappa shape index (κ2) is 7.32. The highest BCUT2D eigenvalue weighted by atomic mass is 127. The van der Waals surface area contributed by atoms with Crippen molar-refractivity contribution in [3.63, 3.8) is 0 Å². The van der Waals surface area contributed by atoms with E-state index in [1.807, 2.05) is 6.92 Å². The van der Waals surface area contributed by atoms with Gasteiger partial charge in [-0.1, -0.05) is 0 Å². The van der Waals surface area contributed by atoms with Gasteiger partial charge in [0.05, 0.1) is 5.56 Å². The minimum absolute atomic E-state index is 0.0596. The summed E-state index contributed by atoms with van der Waals surface area (Å²) in [5.41, 5.74) is 0.233. The number of carboxylic acids is 1. The van der Waals surface area contributed by atoms with Crippen molar-refractivity contribution in [2.75, 3.05) is 0 Å². The van der Waals surface area contributed by atoms with Gasteiger partial charge in [0.2, 0.25) is 0 Å². The molecule has 1 atom stereocenters. The van der Waals surface area contributed by atoms with Crippen molar-refractivity contribution in [2.24, 2.45) is 0 Å². The molecule has 0 radical (unpaired) electrons. The molecule has 3 N–H and O–H groups in total. The lowest BCUT2D eigenvalue weighted by Gasteiger charge is -2.14. The average Bonchev–Trinajstić information content (AvgIpc) is 2.31. The monoisotopic (exact) mass is 377 g/mol. The van der Waals surface area contributed by atoms with Crippen molar-refractivity contribution in [1.29, 1.82) is 0 Å². The predicted octanol–water partition coefficient (Wildman–Crippen LogP) is 2.37. The highest BCUT2D eigenvalue weighted by Crippen LogP contribution is 2.19. The number of phenolic OH excluding ortho intramolecular Hbond substituents is 1. The van der Waals surface area contributed by atoms with Gasteiger partial charge in [-0.25, -0.2) is 0 Å². The molecule has 0 saturated carbocycles. The van der Waals surface area contributed by atoms with Crippen molar-refractivity contribution in [3.05, 3.63) is 27.3 Å². The highest BCUT2D eigenvalue weighted by molar-refractivity contribution is 14.1. The molecule has 0 saturated heterocycles. The maximum atomic E-state index is 11.9. The van der Waals surface area contributed by atoms with Gasteiger partial charge in [0.1, 0.15) is 5.75 Å². The molecule has 1 amide bonds. The van der Waals surface area contributed by atoms with Crippen LogP contribution in [0.15, 0.2) is 18.2 Å². The summed E-state index contributed by atoms with van der Waals surface area (Å²) in [6.45, 7) is 1.81. The number of halogens is 1. The lowest BCUT2D eigenvalue weighted by atomic mass is 10.1. The third kappa shape index (κ3) is 5.46. The quantitative estimate of drug-likeness (QED) is 0.665. The molecular weight excluding hydrogens is 361 g/mol. The predicted molar refractivity (Wildman–Crippen MR) is 79.2 cm³/mol. The lowest BCUT2D eigenvalue weighted by molar-refractivity contribution is -0.137. The Labute approximate surface area is 125 Å². The molecule has 0 fully saturated rings. The van der Waals surface area contributed by atoms with Crippen LogP contribution in [0.1, 0.15) is 36.5 Å². The third-order valence-electron chi connectivity index (χ3n) is 2.61. The molecule has 5 nitrogen and oxygen atoms in total. The van der Waals surface area contributed by atoms with Gasteiger partial charge in [0, 0.05) is 16.0 Å². The minimum atomic E-state index is -0.839. The summed E-state index contributed by atoms with van der Waals surface area (Å²) in [5, 5.41) is 20.9. The number of benzene rings is 1.